The van der Waals surface area contributed by atoms with Gasteiger partial charge in [-0.25, -0.2) is 0 Å². The summed E-state index contributed by atoms with van der Waals surface area (Å²) in [6, 6.07) is 5.61. The molecule has 1 heterocycles. The molecule has 0 saturated heterocycles. The van der Waals surface area contributed by atoms with Crippen LogP contribution in [0.5, 0.6) is 5.75 Å². The van der Waals surface area contributed by atoms with Gasteiger partial charge in [0.2, 0.25) is 0 Å². The third-order valence-corrected chi connectivity index (χ3v) is 2.28. The van der Waals surface area contributed by atoms with Crippen molar-refractivity contribution in [2.45, 2.75) is 11.9 Å². The molecule has 0 aliphatic carbocycles. The summed E-state index contributed by atoms with van der Waals surface area (Å²) in [7, 11) is 1.63. The Labute approximate surface area is 87.1 Å². The van der Waals surface area contributed by atoms with E-state index in [1.165, 1.54) is 0 Å². The number of nitrogens with zero attached hydrogens (tertiary/aromatic N) is 2. The lowest BCUT2D eigenvalue weighted by Gasteiger charge is -2.16. The predicted octanol–water partition coefficient (Wildman–Crippen LogP) is 0.903. The van der Waals surface area contributed by atoms with E-state index in [-0.39, 0.29) is 0 Å². The summed E-state index contributed by atoms with van der Waals surface area (Å²) in [6.07, 6.45) is 0. The minimum atomic E-state index is -0.612. The quantitative estimate of drug-likeness (QED) is 0.501. The minimum Gasteiger partial charge on any atom is -0.497 e. The Morgan fingerprint density at radius 2 is 2.21 bits per heavy atom. The molecule has 1 aliphatic heterocycles. The molecule has 0 saturated carbocycles. The van der Waals surface area contributed by atoms with Crippen LogP contribution >= 0.6 is 11.6 Å². The van der Waals surface area contributed by atoms with E-state index >= 15 is 0 Å². The zero-order chi connectivity index (χ0) is 10.2. The van der Waals surface area contributed by atoms with Crippen molar-refractivity contribution >= 4 is 11.6 Å². The topological polar surface area (TPSA) is 34.0 Å². The number of alkyl halides is 1. The molecule has 14 heavy (non-hydrogen) atoms. The Hall–Kier alpha value is -1.09. The van der Waals surface area contributed by atoms with Crippen molar-refractivity contribution in [3.8, 4) is 5.75 Å². The number of methoxy groups -OCH3 is 1. The Kier molecular flexibility index (Phi) is 2.19. The average molecular weight is 211 g/mol. The predicted molar refractivity (Wildman–Crippen MR) is 54.4 cm³/mol. The highest BCUT2D eigenvalue weighted by Crippen LogP contribution is 2.16. The van der Waals surface area contributed by atoms with Gasteiger partial charge in [-0.05, 0) is 19.1 Å². The van der Waals surface area contributed by atoms with E-state index in [2.05, 4.69) is 9.98 Å². The molecule has 0 spiro atoms. The molecule has 0 amide bonds. The average Bonchev–Trinajstić information content (AvgIpc) is 2.15. The fraction of sp³-hybridized carbons (Fsp3) is 0.400. The van der Waals surface area contributed by atoms with E-state index in [9.17, 15) is 0 Å². The molecule has 1 aromatic rings. The number of ether oxygens (including phenoxy) is 1. The van der Waals surface area contributed by atoms with Crippen molar-refractivity contribution in [3.05, 3.63) is 28.9 Å². The SMILES string of the molecule is COc1ccc2c(c1)=NC(C)(Cl)CN=2. The Morgan fingerprint density at radius 3 is 2.93 bits per heavy atom. The normalized spacial score (nSPS) is 24.5. The fourth-order valence-corrected chi connectivity index (χ4v) is 1.52. The number of rotatable bonds is 1. The Balaban J connectivity index is 2.64. The standard InChI is InChI=1S/C10H11ClN2O/c1-10(11)6-12-8-4-3-7(14-2)5-9(8)13-10/h3-5H,6H2,1-2H3. The van der Waals surface area contributed by atoms with E-state index in [0.29, 0.717) is 6.54 Å². The van der Waals surface area contributed by atoms with Gasteiger partial charge in [-0.2, -0.15) is 0 Å². The highest BCUT2D eigenvalue weighted by molar-refractivity contribution is 6.23. The maximum absolute atomic E-state index is 6.09. The van der Waals surface area contributed by atoms with Crippen molar-refractivity contribution in [2.24, 2.45) is 9.98 Å². The molecule has 1 unspecified atom stereocenters. The highest BCUT2D eigenvalue weighted by Gasteiger charge is 2.20. The maximum atomic E-state index is 6.09. The summed E-state index contributed by atoms with van der Waals surface area (Å²) in [5, 5.41) is 1.68. The molecule has 0 fully saturated rings. The van der Waals surface area contributed by atoms with Crippen LogP contribution in [0.2, 0.25) is 0 Å². The van der Waals surface area contributed by atoms with Gasteiger partial charge in [-0.1, -0.05) is 11.6 Å². The first-order valence-electron chi connectivity index (χ1n) is 4.38. The monoisotopic (exact) mass is 210 g/mol. The van der Waals surface area contributed by atoms with Crippen molar-refractivity contribution < 1.29 is 4.74 Å². The van der Waals surface area contributed by atoms with Crippen LogP contribution in [0.15, 0.2) is 28.2 Å². The second-order valence-corrected chi connectivity index (χ2v) is 4.24. The highest BCUT2D eigenvalue weighted by atomic mass is 35.5. The summed E-state index contributed by atoms with van der Waals surface area (Å²) >= 11 is 6.09. The van der Waals surface area contributed by atoms with E-state index in [0.717, 1.165) is 16.5 Å². The van der Waals surface area contributed by atoms with Crippen molar-refractivity contribution in [2.75, 3.05) is 13.7 Å². The van der Waals surface area contributed by atoms with Crippen LogP contribution in [-0.4, -0.2) is 18.7 Å². The van der Waals surface area contributed by atoms with Gasteiger partial charge in [-0.3, -0.25) is 9.98 Å². The van der Waals surface area contributed by atoms with Crippen LogP contribution in [0.25, 0.3) is 0 Å². The molecule has 0 aromatic heterocycles. The zero-order valence-electron chi connectivity index (χ0n) is 8.12. The van der Waals surface area contributed by atoms with Gasteiger partial charge in [-0.15, -0.1) is 0 Å². The first kappa shape index (κ1) is 9.46. The summed E-state index contributed by atoms with van der Waals surface area (Å²) < 4.78 is 5.10. The second kappa shape index (κ2) is 3.24. The molecule has 0 N–H and O–H groups in total. The van der Waals surface area contributed by atoms with Gasteiger partial charge in [0, 0.05) is 6.07 Å². The van der Waals surface area contributed by atoms with Gasteiger partial charge in [0.05, 0.1) is 24.4 Å². The first-order chi connectivity index (χ1) is 6.61. The largest absolute Gasteiger partial charge is 0.497 e. The molecule has 74 valence electrons. The van der Waals surface area contributed by atoms with Crippen LogP contribution in [-0.2, 0) is 0 Å². The van der Waals surface area contributed by atoms with Gasteiger partial charge in [0.25, 0.3) is 0 Å². The van der Waals surface area contributed by atoms with Crippen molar-refractivity contribution in [1.29, 1.82) is 0 Å². The molecular formula is C10H11ClN2O. The summed E-state index contributed by atoms with van der Waals surface area (Å²) in [5.74, 6) is 0.775. The lowest BCUT2D eigenvalue weighted by atomic mass is 10.2. The molecule has 3 nitrogen and oxygen atoms in total. The third kappa shape index (κ3) is 1.73. The zero-order valence-corrected chi connectivity index (χ0v) is 8.88. The van der Waals surface area contributed by atoms with E-state index in [1.807, 2.05) is 25.1 Å². The van der Waals surface area contributed by atoms with E-state index < -0.39 is 5.00 Å². The fourth-order valence-electron chi connectivity index (χ4n) is 1.37. The molecule has 0 radical (unpaired) electrons. The molecule has 1 aromatic carbocycles. The lowest BCUT2D eigenvalue weighted by Crippen LogP contribution is -2.37. The van der Waals surface area contributed by atoms with Gasteiger partial charge in [0.15, 0.2) is 5.00 Å². The van der Waals surface area contributed by atoms with Gasteiger partial charge in [0.1, 0.15) is 5.75 Å². The molecule has 1 atom stereocenters. The lowest BCUT2D eigenvalue weighted by molar-refractivity contribution is 0.413. The number of fused-ring (bicyclic) bond motifs is 1. The molecule has 0 bridgehead atoms. The van der Waals surface area contributed by atoms with Crippen molar-refractivity contribution in [3.63, 3.8) is 0 Å². The number of halogens is 1. The molecule has 2 rings (SSSR count). The van der Waals surface area contributed by atoms with Crippen molar-refractivity contribution in [1.82, 2.24) is 0 Å². The van der Waals surface area contributed by atoms with E-state index in [4.69, 9.17) is 16.3 Å². The molecular weight excluding hydrogens is 200 g/mol. The van der Waals surface area contributed by atoms with Crippen LogP contribution < -0.4 is 15.5 Å². The first-order valence-corrected chi connectivity index (χ1v) is 4.76. The molecule has 1 aliphatic rings. The summed E-state index contributed by atoms with van der Waals surface area (Å²) in [5.41, 5.74) is 0. The summed E-state index contributed by atoms with van der Waals surface area (Å²) in [6.45, 7) is 2.37. The van der Waals surface area contributed by atoms with Crippen LogP contribution in [0, 0.1) is 0 Å². The Bertz CT molecular complexity index is 468. The van der Waals surface area contributed by atoms with Crippen LogP contribution in [0.4, 0.5) is 0 Å². The number of benzene rings is 1. The third-order valence-electron chi connectivity index (χ3n) is 2.07. The van der Waals surface area contributed by atoms with E-state index in [1.54, 1.807) is 7.11 Å². The van der Waals surface area contributed by atoms with Gasteiger partial charge < -0.3 is 4.74 Å². The number of hydrogen-bond acceptors (Lipinski definition) is 3. The second-order valence-electron chi connectivity index (χ2n) is 3.43. The number of hydrogen-bond donors (Lipinski definition) is 0. The van der Waals surface area contributed by atoms with Gasteiger partial charge >= 0.3 is 0 Å². The Morgan fingerprint density at radius 1 is 1.43 bits per heavy atom. The maximum Gasteiger partial charge on any atom is 0.151 e. The minimum absolute atomic E-state index is 0.522. The van der Waals surface area contributed by atoms with Crippen LogP contribution in [0.3, 0.4) is 0 Å². The van der Waals surface area contributed by atoms with Crippen LogP contribution in [0.1, 0.15) is 6.92 Å². The summed E-state index contributed by atoms with van der Waals surface area (Å²) in [4.78, 5) is 8.11. The molecule has 4 heteroatoms. The smallest absolute Gasteiger partial charge is 0.151 e.